The lowest BCUT2D eigenvalue weighted by Gasteiger charge is -2.13. The van der Waals surface area contributed by atoms with Gasteiger partial charge in [-0.3, -0.25) is 10.1 Å². The van der Waals surface area contributed by atoms with E-state index in [0.29, 0.717) is 10.9 Å². The molecule has 2 aromatic rings. The van der Waals surface area contributed by atoms with E-state index in [4.69, 9.17) is 9.84 Å². The van der Waals surface area contributed by atoms with Crippen LogP contribution in [0.25, 0.3) is 10.9 Å². The van der Waals surface area contributed by atoms with Crippen LogP contribution >= 0.6 is 0 Å². The van der Waals surface area contributed by atoms with Crippen molar-refractivity contribution in [2.75, 3.05) is 6.61 Å². The van der Waals surface area contributed by atoms with E-state index < -0.39 is 23.4 Å². The molecule has 20 heavy (non-hydrogen) atoms. The lowest BCUT2D eigenvalue weighted by atomic mass is 10.2. The Hall–Kier alpha value is -2.03. The number of aliphatic hydroxyl groups is 2. The van der Waals surface area contributed by atoms with Gasteiger partial charge in [-0.05, 0) is 6.07 Å². The van der Waals surface area contributed by atoms with Crippen LogP contribution in [0.15, 0.2) is 24.4 Å². The highest BCUT2D eigenvalue weighted by molar-refractivity contribution is 5.87. The van der Waals surface area contributed by atoms with E-state index in [1.54, 1.807) is 12.1 Å². The summed E-state index contributed by atoms with van der Waals surface area (Å²) in [6, 6.07) is 4.69. The van der Waals surface area contributed by atoms with Crippen LogP contribution in [-0.2, 0) is 4.74 Å². The van der Waals surface area contributed by atoms with Crippen molar-refractivity contribution < 1.29 is 19.9 Å². The van der Waals surface area contributed by atoms with Gasteiger partial charge in [-0.25, -0.2) is 4.68 Å². The molecule has 0 amide bonds. The molecule has 0 saturated carbocycles. The number of benzene rings is 1. The molecular formula is C12H13N3O5. The van der Waals surface area contributed by atoms with Crippen molar-refractivity contribution in [1.82, 2.24) is 9.78 Å². The summed E-state index contributed by atoms with van der Waals surface area (Å²) in [5, 5.41) is 34.3. The van der Waals surface area contributed by atoms with Gasteiger partial charge in [-0.1, -0.05) is 6.07 Å². The maximum absolute atomic E-state index is 11.0. The summed E-state index contributed by atoms with van der Waals surface area (Å²) in [5.74, 6) is 0. The zero-order chi connectivity index (χ0) is 14.3. The first-order valence-electron chi connectivity index (χ1n) is 6.17. The Morgan fingerprint density at radius 2 is 2.35 bits per heavy atom. The minimum absolute atomic E-state index is 0.0222. The largest absolute Gasteiger partial charge is 0.394 e. The fourth-order valence-electron chi connectivity index (χ4n) is 2.47. The molecule has 1 aromatic heterocycles. The summed E-state index contributed by atoms with van der Waals surface area (Å²) in [4.78, 5) is 10.5. The highest BCUT2D eigenvalue weighted by atomic mass is 16.6. The predicted molar refractivity (Wildman–Crippen MR) is 68.0 cm³/mol. The molecule has 8 heteroatoms. The van der Waals surface area contributed by atoms with Crippen LogP contribution in [0.3, 0.4) is 0 Å². The fourth-order valence-corrected chi connectivity index (χ4v) is 2.47. The van der Waals surface area contributed by atoms with Crippen molar-refractivity contribution in [2.45, 2.75) is 24.9 Å². The number of ether oxygens (including phenoxy) is 1. The van der Waals surface area contributed by atoms with Gasteiger partial charge in [0.15, 0.2) is 6.23 Å². The maximum atomic E-state index is 11.0. The summed E-state index contributed by atoms with van der Waals surface area (Å²) in [6.45, 7) is -0.281. The zero-order valence-corrected chi connectivity index (χ0v) is 10.4. The molecule has 3 atom stereocenters. The fraction of sp³-hybridized carbons (Fsp3) is 0.417. The second-order valence-electron chi connectivity index (χ2n) is 4.67. The number of aromatic nitrogens is 2. The molecule has 1 aromatic carbocycles. The van der Waals surface area contributed by atoms with Gasteiger partial charge in [0.1, 0.15) is 6.10 Å². The summed E-state index contributed by atoms with van der Waals surface area (Å²) in [5.41, 5.74) is 0.543. The molecule has 1 saturated heterocycles. The molecule has 0 unspecified atom stereocenters. The van der Waals surface area contributed by atoms with Crippen molar-refractivity contribution in [2.24, 2.45) is 0 Å². The number of hydrogen-bond acceptors (Lipinski definition) is 6. The molecular weight excluding hydrogens is 266 g/mol. The van der Waals surface area contributed by atoms with Gasteiger partial charge in [0, 0.05) is 12.5 Å². The molecule has 0 spiro atoms. The van der Waals surface area contributed by atoms with Crippen LogP contribution in [0.2, 0.25) is 0 Å². The van der Waals surface area contributed by atoms with Crippen molar-refractivity contribution in [3.05, 3.63) is 34.5 Å². The van der Waals surface area contributed by atoms with Crippen LogP contribution in [0.1, 0.15) is 12.6 Å². The summed E-state index contributed by atoms with van der Waals surface area (Å²) >= 11 is 0. The Morgan fingerprint density at radius 1 is 1.55 bits per heavy atom. The third kappa shape index (κ3) is 1.94. The number of nitrogens with zero attached hydrogens (tertiary/aromatic N) is 3. The van der Waals surface area contributed by atoms with Crippen LogP contribution in [0.5, 0.6) is 0 Å². The standard InChI is InChI=1S/C12H13N3O5/c16-6-11-10(17)4-12(20-11)14-8-2-1-3-9(15(18)19)7(8)5-13-14/h1-3,5,10-12,16-17H,4,6H2/t10-,11+,12+/m0/s1. The maximum Gasteiger partial charge on any atom is 0.280 e. The van der Waals surface area contributed by atoms with Gasteiger partial charge >= 0.3 is 0 Å². The number of hydrogen-bond donors (Lipinski definition) is 2. The second-order valence-corrected chi connectivity index (χ2v) is 4.67. The average molecular weight is 279 g/mol. The SMILES string of the molecule is O=[N+]([O-])c1cccc2c1cnn2[C@H]1C[C@H](O)[C@@H](CO)O1. The van der Waals surface area contributed by atoms with Crippen molar-refractivity contribution in [1.29, 1.82) is 0 Å². The van der Waals surface area contributed by atoms with E-state index in [9.17, 15) is 15.2 Å². The topological polar surface area (TPSA) is 111 Å². The van der Waals surface area contributed by atoms with E-state index in [1.807, 2.05) is 0 Å². The molecule has 1 aliphatic heterocycles. The van der Waals surface area contributed by atoms with Gasteiger partial charge in [0.25, 0.3) is 5.69 Å². The third-order valence-corrected chi connectivity index (χ3v) is 3.47. The van der Waals surface area contributed by atoms with Crippen LogP contribution in [-0.4, -0.2) is 43.7 Å². The molecule has 0 radical (unpaired) electrons. The first kappa shape index (κ1) is 13.0. The van der Waals surface area contributed by atoms with Crippen molar-refractivity contribution >= 4 is 16.6 Å². The molecule has 8 nitrogen and oxygen atoms in total. The van der Waals surface area contributed by atoms with E-state index in [0.717, 1.165) is 0 Å². The number of non-ortho nitro benzene ring substituents is 1. The molecule has 0 bridgehead atoms. The Morgan fingerprint density at radius 3 is 3.00 bits per heavy atom. The number of aliphatic hydroxyl groups excluding tert-OH is 2. The van der Waals surface area contributed by atoms with E-state index >= 15 is 0 Å². The van der Waals surface area contributed by atoms with Crippen molar-refractivity contribution in [3.8, 4) is 0 Å². The number of fused-ring (bicyclic) bond motifs is 1. The Bertz CT molecular complexity index is 656. The second kappa shape index (κ2) is 4.82. The van der Waals surface area contributed by atoms with Crippen LogP contribution in [0, 0.1) is 10.1 Å². The van der Waals surface area contributed by atoms with Crippen LogP contribution < -0.4 is 0 Å². The minimum atomic E-state index is -0.775. The first-order valence-corrected chi connectivity index (χ1v) is 6.17. The number of nitro benzene ring substituents is 1. The normalized spacial score (nSPS) is 26.2. The molecule has 3 rings (SSSR count). The summed E-state index contributed by atoms with van der Waals surface area (Å²) in [7, 11) is 0. The molecule has 1 aliphatic rings. The molecule has 106 valence electrons. The summed E-state index contributed by atoms with van der Waals surface area (Å²) in [6.07, 6.45) is -0.275. The Kier molecular flexibility index (Phi) is 3.13. The van der Waals surface area contributed by atoms with Gasteiger partial charge in [-0.2, -0.15) is 5.10 Å². The molecule has 2 heterocycles. The summed E-state index contributed by atoms with van der Waals surface area (Å²) < 4.78 is 7.01. The lowest BCUT2D eigenvalue weighted by molar-refractivity contribution is -0.383. The molecule has 2 N–H and O–H groups in total. The lowest BCUT2D eigenvalue weighted by Crippen LogP contribution is -2.24. The highest BCUT2D eigenvalue weighted by Gasteiger charge is 2.35. The van der Waals surface area contributed by atoms with Crippen molar-refractivity contribution in [3.63, 3.8) is 0 Å². The number of nitro groups is 1. The van der Waals surface area contributed by atoms with E-state index in [2.05, 4.69) is 5.10 Å². The van der Waals surface area contributed by atoms with E-state index in [1.165, 1.54) is 16.9 Å². The van der Waals surface area contributed by atoms with Crippen LogP contribution in [0.4, 0.5) is 5.69 Å². The molecule has 0 aliphatic carbocycles. The highest BCUT2D eigenvalue weighted by Crippen LogP contribution is 2.33. The Balaban J connectivity index is 2.02. The zero-order valence-electron chi connectivity index (χ0n) is 10.4. The predicted octanol–water partition coefficient (Wildman–Crippen LogP) is 0.585. The smallest absolute Gasteiger partial charge is 0.280 e. The van der Waals surface area contributed by atoms with Gasteiger partial charge in [-0.15, -0.1) is 0 Å². The van der Waals surface area contributed by atoms with Gasteiger partial charge < -0.3 is 14.9 Å². The minimum Gasteiger partial charge on any atom is -0.394 e. The first-order chi connectivity index (χ1) is 9.61. The third-order valence-electron chi connectivity index (χ3n) is 3.47. The number of rotatable bonds is 3. The van der Waals surface area contributed by atoms with Gasteiger partial charge in [0.05, 0.1) is 34.7 Å². The quantitative estimate of drug-likeness (QED) is 0.628. The average Bonchev–Trinajstić information content (AvgIpc) is 3.01. The Labute approximate surface area is 113 Å². The van der Waals surface area contributed by atoms with Gasteiger partial charge in [0.2, 0.25) is 0 Å². The van der Waals surface area contributed by atoms with E-state index in [-0.39, 0.29) is 18.7 Å². The monoisotopic (exact) mass is 279 g/mol. The molecule has 1 fully saturated rings.